The van der Waals surface area contributed by atoms with Gasteiger partial charge in [-0.15, -0.1) is 0 Å². The van der Waals surface area contributed by atoms with Gasteiger partial charge in [0.05, 0.1) is 10.9 Å². The van der Waals surface area contributed by atoms with Gasteiger partial charge in [0, 0.05) is 18.8 Å². The Morgan fingerprint density at radius 3 is 2.62 bits per heavy atom. The number of ether oxygens (including phenoxy) is 1. The first kappa shape index (κ1) is 21.6. The van der Waals surface area contributed by atoms with Gasteiger partial charge in [-0.3, -0.25) is 4.79 Å². The Balaban J connectivity index is 1.66. The first-order valence-corrected chi connectivity index (χ1v) is 10.5. The number of benzene rings is 1. The van der Waals surface area contributed by atoms with Crippen molar-refractivity contribution in [2.75, 3.05) is 32.1 Å². The minimum absolute atomic E-state index is 0.295. The monoisotopic (exact) mass is 437 g/mol. The van der Waals surface area contributed by atoms with E-state index in [1.807, 2.05) is 18.2 Å². The summed E-state index contributed by atoms with van der Waals surface area (Å²) >= 11 is 6.91. The van der Waals surface area contributed by atoms with Crippen molar-refractivity contribution in [2.24, 2.45) is 0 Å². The fourth-order valence-corrected chi connectivity index (χ4v) is 3.92. The third kappa shape index (κ3) is 5.48. The molecule has 1 aromatic carbocycles. The minimum Gasteiger partial charge on any atom is -0.399 e. The highest BCUT2D eigenvalue weighted by molar-refractivity contribution is 7.17. The van der Waals surface area contributed by atoms with Crippen LogP contribution >= 0.6 is 22.9 Å². The zero-order valence-electron chi connectivity index (χ0n) is 16.3. The summed E-state index contributed by atoms with van der Waals surface area (Å²) in [7, 11) is 2.09. The quantitative estimate of drug-likeness (QED) is 0.669. The zero-order valence-corrected chi connectivity index (χ0v) is 17.9. The van der Waals surface area contributed by atoms with Gasteiger partial charge in [0.15, 0.2) is 5.06 Å². The second-order valence-electron chi connectivity index (χ2n) is 7.30. The number of rotatable bonds is 5. The zero-order chi connectivity index (χ0) is 21.0. The lowest BCUT2D eigenvalue weighted by atomic mass is 10.0. The SMILES string of the molecule is CN1CCc2ccc(NC(=O)[C@@](C)(CO)NC(=O)Oc3ccc(Cl)s3)cc2CC1. The number of anilines is 1. The number of carbonyl (C=O) groups excluding carboxylic acids is 2. The standard InChI is InChI=1S/C20H24ClN3O4S/c1-20(12-25,23-19(27)28-17-6-5-16(21)29-17)18(26)22-15-4-3-13-7-9-24(2)10-8-14(13)11-15/h3-6,11,25H,7-10,12H2,1-2H3,(H,22,26)(H,23,27)/t20-/m1/s1. The summed E-state index contributed by atoms with van der Waals surface area (Å²) in [6.45, 7) is 2.81. The third-order valence-corrected chi connectivity index (χ3v) is 6.04. The van der Waals surface area contributed by atoms with Crippen LogP contribution in [0.5, 0.6) is 5.06 Å². The lowest BCUT2D eigenvalue weighted by molar-refractivity contribution is -0.123. The van der Waals surface area contributed by atoms with Crippen LogP contribution in [0.25, 0.3) is 0 Å². The van der Waals surface area contributed by atoms with Crippen LogP contribution in [0.4, 0.5) is 10.5 Å². The smallest absolute Gasteiger partial charge is 0.399 e. The number of thiophene rings is 1. The molecule has 9 heteroatoms. The number of amides is 2. The lowest BCUT2D eigenvalue weighted by Crippen LogP contribution is -2.57. The number of nitrogens with one attached hydrogen (secondary N) is 2. The predicted molar refractivity (Wildman–Crippen MR) is 114 cm³/mol. The number of hydrogen-bond acceptors (Lipinski definition) is 6. The molecule has 3 N–H and O–H groups in total. The van der Waals surface area contributed by atoms with Gasteiger partial charge in [0.1, 0.15) is 5.54 Å². The average Bonchev–Trinajstić information content (AvgIpc) is 2.99. The van der Waals surface area contributed by atoms with E-state index >= 15 is 0 Å². The molecule has 2 amide bonds. The summed E-state index contributed by atoms with van der Waals surface area (Å²) in [5.41, 5.74) is 1.54. The van der Waals surface area contributed by atoms with Gasteiger partial charge in [-0.2, -0.15) is 0 Å². The van der Waals surface area contributed by atoms with Crippen molar-refractivity contribution >= 4 is 40.6 Å². The summed E-state index contributed by atoms with van der Waals surface area (Å²) in [5.74, 6) is -0.535. The fraction of sp³-hybridized carbons (Fsp3) is 0.400. The molecule has 2 heterocycles. The van der Waals surface area contributed by atoms with E-state index in [2.05, 4.69) is 22.6 Å². The number of aliphatic hydroxyl groups excluding tert-OH is 1. The molecule has 1 aromatic heterocycles. The molecular formula is C20H24ClN3O4S. The predicted octanol–water partition coefficient (Wildman–Crippen LogP) is 2.91. The van der Waals surface area contributed by atoms with Crippen LogP contribution in [0.3, 0.4) is 0 Å². The second-order valence-corrected chi connectivity index (χ2v) is 8.98. The minimum atomic E-state index is -1.55. The number of likely N-dealkylation sites (N-methyl/N-ethyl adjacent to an activating group) is 1. The first-order valence-electron chi connectivity index (χ1n) is 9.27. The average molecular weight is 438 g/mol. The van der Waals surface area contributed by atoms with Gasteiger partial charge < -0.3 is 25.4 Å². The van der Waals surface area contributed by atoms with Crippen molar-refractivity contribution in [2.45, 2.75) is 25.3 Å². The molecule has 29 heavy (non-hydrogen) atoms. The van der Waals surface area contributed by atoms with Gasteiger partial charge in [0.25, 0.3) is 5.91 Å². The van der Waals surface area contributed by atoms with Crippen molar-refractivity contribution in [3.63, 3.8) is 0 Å². The van der Waals surface area contributed by atoms with E-state index in [1.165, 1.54) is 18.1 Å². The summed E-state index contributed by atoms with van der Waals surface area (Å²) in [4.78, 5) is 27.2. The maximum Gasteiger partial charge on any atom is 0.414 e. The highest BCUT2D eigenvalue weighted by Gasteiger charge is 2.35. The Morgan fingerprint density at radius 1 is 1.24 bits per heavy atom. The van der Waals surface area contributed by atoms with E-state index in [9.17, 15) is 14.7 Å². The third-order valence-electron chi connectivity index (χ3n) is 4.93. The van der Waals surface area contributed by atoms with Crippen molar-refractivity contribution < 1.29 is 19.4 Å². The molecule has 2 aromatic rings. The number of hydrogen-bond donors (Lipinski definition) is 3. The molecule has 0 saturated carbocycles. The Bertz CT molecular complexity index is 904. The number of carbonyl (C=O) groups is 2. The number of fused-ring (bicyclic) bond motifs is 1. The molecule has 1 atom stereocenters. The van der Waals surface area contributed by atoms with E-state index in [-0.39, 0.29) is 0 Å². The second kappa shape index (κ2) is 9.13. The maximum atomic E-state index is 12.8. The maximum absolute atomic E-state index is 12.8. The first-order chi connectivity index (χ1) is 13.8. The molecule has 0 saturated heterocycles. The number of aliphatic hydroxyl groups is 1. The molecule has 0 fully saturated rings. The van der Waals surface area contributed by atoms with Crippen LogP contribution in [0.15, 0.2) is 30.3 Å². The molecule has 1 aliphatic rings. The molecule has 3 rings (SSSR count). The van der Waals surface area contributed by atoms with E-state index in [0.29, 0.717) is 15.1 Å². The van der Waals surface area contributed by atoms with Crippen LogP contribution in [-0.2, 0) is 17.6 Å². The highest BCUT2D eigenvalue weighted by Crippen LogP contribution is 2.28. The van der Waals surface area contributed by atoms with Gasteiger partial charge in [0.2, 0.25) is 0 Å². The number of nitrogens with zero attached hydrogens (tertiary/aromatic N) is 1. The van der Waals surface area contributed by atoms with Gasteiger partial charge in [-0.1, -0.05) is 29.0 Å². The Hall–Kier alpha value is -2.13. The molecule has 0 unspecified atom stereocenters. The van der Waals surface area contributed by atoms with Crippen molar-refractivity contribution in [1.82, 2.24) is 10.2 Å². The molecule has 0 radical (unpaired) electrons. The van der Waals surface area contributed by atoms with Crippen LogP contribution in [0.2, 0.25) is 4.34 Å². The summed E-state index contributed by atoms with van der Waals surface area (Å²) < 4.78 is 5.60. The lowest BCUT2D eigenvalue weighted by Gasteiger charge is -2.27. The molecule has 0 aliphatic carbocycles. The van der Waals surface area contributed by atoms with Crippen LogP contribution in [0, 0.1) is 0 Å². The van der Waals surface area contributed by atoms with E-state index in [0.717, 1.165) is 37.3 Å². The normalized spacial score (nSPS) is 16.3. The van der Waals surface area contributed by atoms with Crippen LogP contribution in [-0.4, -0.2) is 54.3 Å². The van der Waals surface area contributed by atoms with Crippen molar-refractivity contribution in [3.8, 4) is 5.06 Å². The molecule has 0 spiro atoms. The topological polar surface area (TPSA) is 90.9 Å². The summed E-state index contributed by atoms with van der Waals surface area (Å²) in [6.07, 6.45) is 1.02. The molecule has 0 bridgehead atoms. The van der Waals surface area contributed by atoms with Gasteiger partial charge in [-0.25, -0.2) is 4.79 Å². The van der Waals surface area contributed by atoms with E-state index < -0.39 is 24.1 Å². The fourth-order valence-electron chi connectivity index (χ4n) is 3.05. The molecular weight excluding hydrogens is 414 g/mol. The largest absolute Gasteiger partial charge is 0.414 e. The molecule has 7 nitrogen and oxygen atoms in total. The summed E-state index contributed by atoms with van der Waals surface area (Å²) in [5, 5.41) is 15.3. The van der Waals surface area contributed by atoms with Crippen LogP contribution in [0.1, 0.15) is 18.1 Å². The van der Waals surface area contributed by atoms with E-state index in [4.69, 9.17) is 16.3 Å². The summed E-state index contributed by atoms with van der Waals surface area (Å²) in [6, 6.07) is 8.96. The van der Waals surface area contributed by atoms with Crippen LogP contribution < -0.4 is 15.4 Å². The Kier molecular flexibility index (Phi) is 6.79. The Morgan fingerprint density at radius 2 is 1.97 bits per heavy atom. The molecule has 1 aliphatic heterocycles. The van der Waals surface area contributed by atoms with Crippen molar-refractivity contribution in [1.29, 1.82) is 0 Å². The molecule has 156 valence electrons. The highest BCUT2D eigenvalue weighted by atomic mass is 35.5. The Labute approximate surface area is 178 Å². The number of halogens is 1. The van der Waals surface area contributed by atoms with Crippen molar-refractivity contribution in [3.05, 3.63) is 45.8 Å². The van der Waals surface area contributed by atoms with E-state index in [1.54, 1.807) is 12.1 Å². The van der Waals surface area contributed by atoms with Gasteiger partial charge >= 0.3 is 6.09 Å². The van der Waals surface area contributed by atoms with Gasteiger partial charge in [-0.05, 0) is 62.2 Å².